The number of aryl methyl sites for hydroxylation is 3. The molecule has 7 nitrogen and oxygen atoms in total. The number of hydrogen-bond acceptors (Lipinski definition) is 4. The lowest BCUT2D eigenvalue weighted by molar-refractivity contribution is -0.132. The molecule has 2 aromatic heterocycles. The van der Waals surface area contributed by atoms with Crippen LogP contribution in [0.15, 0.2) is 59.5 Å². The summed E-state index contributed by atoms with van der Waals surface area (Å²) in [4.78, 5) is 29.8. The lowest BCUT2D eigenvalue weighted by Gasteiger charge is -2.34. The van der Waals surface area contributed by atoms with Crippen LogP contribution in [0, 0.1) is 19.7 Å². The van der Waals surface area contributed by atoms with Crippen molar-refractivity contribution in [2.45, 2.75) is 64.5 Å². The molecular weight excluding hydrogens is 531 g/mol. The predicted octanol–water partition coefficient (Wildman–Crippen LogP) is 5.46. The van der Waals surface area contributed by atoms with Gasteiger partial charge in [0, 0.05) is 74.6 Å². The van der Waals surface area contributed by atoms with E-state index in [2.05, 4.69) is 16.5 Å². The number of H-pyrrole nitrogens is 1. The van der Waals surface area contributed by atoms with E-state index in [4.69, 9.17) is 10.5 Å². The summed E-state index contributed by atoms with van der Waals surface area (Å²) in [5.74, 6) is -0.00776. The minimum Gasteiger partial charge on any atom is -0.385 e. The third-order valence-electron chi connectivity index (χ3n) is 8.54. The molecule has 8 heteroatoms. The summed E-state index contributed by atoms with van der Waals surface area (Å²) in [7, 11) is 1.68. The summed E-state index contributed by atoms with van der Waals surface area (Å²) in [5, 5.41) is 0.939. The number of aromatic nitrogens is 2. The van der Waals surface area contributed by atoms with Gasteiger partial charge in [0.25, 0.3) is 5.56 Å². The number of fused-ring (bicyclic) bond motifs is 1. The molecule has 2 atom stereocenters. The fraction of sp³-hybridized carbons (Fsp3) is 0.412. The molecule has 0 saturated carbocycles. The second-order valence-electron chi connectivity index (χ2n) is 11.6. The zero-order valence-electron chi connectivity index (χ0n) is 24.8. The number of hydrogen-bond donors (Lipinski definition) is 2. The number of likely N-dealkylation sites (tertiary alicyclic amines) is 1. The number of para-hydroxylation sites is 1. The van der Waals surface area contributed by atoms with E-state index in [-0.39, 0.29) is 35.7 Å². The summed E-state index contributed by atoms with van der Waals surface area (Å²) in [6.07, 6.45) is 5.24. The van der Waals surface area contributed by atoms with E-state index in [1.54, 1.807) is 26.3 Å². The Morgan fingerprint density at radius 1 is 1.17 bits per heavy atom. The van der Waals surface area contributed by atoms with Crippen molar-refractivity contribution in [1.82, 2.24) is 14.5 Å². The first kappa shape index (κ1) is 29.7. The molecule has 4 aromatic rings. The van der Waals surface area contributed by atoms with Crippen LogP contribution in [-0.4, -0.2) is 53.2 Å². The fourth-order valence-corrected chi connectivity index (χ4v) is 6.43. The van der Waals surface area contributed by atoms with E-state index in [0.717, 1.165) is 52.6 Å². The van der Waals surface area contributed by atoms with Gasteiger partial charge in [0.15, 0.2) is 0 Å². The molecule has 3 heterocycles. The van der Waals surface area contributed by atoms with Gasteiger partial charge in [0.2, 0.25) is 5.91 Å². The SMILES string of the molecule is COCCCn1c(C2CCCN(C(=O)CC(N)Cc3ccc(-c4c[nH]c(=O)c(C)c4)cc3)C2)c(C)c2cccc(F)c21. The summed E-state index contributed by atoms with van der Waals surface area (Å²) in [6, 6.07) is 15.0. The molecule has 1 saturated heterocycles. The third-order valence-corrected chi connectivity index (χ3v) is 8.54. The molecule has 1 aliphatic heterocycles. The Morgan fingerprint density at radius 3 is 2.69 bits per heavy atom. The lowest BCUT2D eigenvalue weighted by atomic mass is 9.91. The van der Waals surface area contributed by atoms with Gasteiger partial charge in [-0.25, -0.2) is 4.39 Å². The highest BCUT2D eigenvalue weighted by Gasteiger charge is 2.30. The Hall–Kier alpha value is -3.75. The van der Waals surface area contributed by atoms with Gasteiger partial charge in [-0.05, 0) is 73.9 Å². The van der Waals surface area contributed by atoms with Crippen LogP contribution >= 0.6 is 0 Å². The number of carbonyl (C=O) groups is 1. The quantitative estimate of drug-likeness (QED) is 0.247. The molecule has 0 aliphatic carbocycles. The Labute approximate surface area is 246 Å². The summed E-state index contributed by atoms with van der Waals surface area (Å²) in [5.41, 5.74) is 13.0. The molecule has 0 spiro atoms. The number of piperidine rings is 1. The van der Waals surface area contributed by atoms with Gasteiger partial charge < -0.3 is 24.9 Å². The van der Waals surface area contributed by atoms with E-state index >= 15 is 4.39 Å². The third kappa shape index (κ3) is 6.35. The van der Waals surface area contributed by atoms with Crippen LogP contribution in [0.5, 0.6) is 0 Å². The van der Waals surface area contributed by atoms with E-state index in [1.165, 1.54) is 6.07 Å². The van der Waals surface area contributed by atoms with Crippen molar-refractivity contribution in [3.8, 4) is 11.1 Å². The fourth-order valence-electron chi connectivity index (χ4n) is 6.43. The van der Waals surface area contributed by atoms with E-state index in [9.17, 15) is 9.59 Å². The maximum atomic E-state index is 15.0. The van der Waals surface area contributed by atoms with Gasteiger partial charge in [-0.2, -0.15) is 0 Å². The topological polar surface area (TPSA) is 93.3 Å². The van der Waals surface area contributed by atoms with Crippen LogP contribution < -0.4 is 11.3 Å². The molecule has 1 aliphatic rings. The highest BCUT2D eigenvalue weighted by Crippen LogP contribution is 2.37. The molecule has 1 amide bonds. The average molecular weight is 573 g/mol. The van der Waals surface area contributed by atoms with Gasteiger partial charge >= 0.3 is 0 Å². The molecule has 1 fully saturated rings. The molecule has 5 rings (SSSR count). The summed E-state index contributed by atoms with van der Waals surface area (Å²) < 4.78 is 22.4. The number of amides is 1. The minimum absolute atomic E-state index is 0.0680. The smallest absolute Gasteiger partial charge is 0.250 e. The first-order valence-corrected chi connectivity index (χ1v) is 14.8. The number of halogens is 1. The number of carbonyl (C=O) groups excluding carboxylic acids is 1. The number of nitrogens with zero attached hydrogens (tertiary/aromatic N) is 2. The number of benzene rings is 2. The number of ether oxygens (including phenoxy) is 1. The highest BCUT2D eigenvalue weighted by molar-refractivity contribution is 5.86. The average Bonchev–Trinajstić information content (AvgIpc) is 3.27. The summed E-state index contributed by atoms with van der Waals surface area (Å²) in [6.45, 7) is 6.47. The number of nitrogens with one attached hydrogen (secondary N) is 1. The van der Waals surface area contributed by atoms with E-state index in [0.29, 0.717) is 43.7 Å². The largest absolute Gasteiger partial charge is 0.385 e. The van der Waals surface area contributed by atoms with Crippen LogP contribution in [0.4, 0.5) is 4.39 Å². The molecule has 0 radical (unpaired) electrons. The van der Waals surface area contributed by atoms with E-state index < -0.39 is 0 Å². The van der Waals surface area contributed by atoms with Gasteiger partial charge in [-0.1, -0.05) is 36.4 Å². The first-order chi connectivity index (χ1) is 20.3. The maximum absolute atomic E-state index is 15.0. The van der Waals surface area contributed by atoms with Crippen LogP contribution in [0.2, 0.25) is 0 Å². The number of rotatable bonds is 10. The molecule has 42 heavy (non-hydrogen) atoms. The van der Waals surface area contributed by atoms with Crippen molar-refractivity contribution >= 4 is 16.8 Å². The van der Waals surface area contributed by atoms with Crippen molar-refractivity contribution in [2.75, 3.05) is 26.8 Å². The van der Waals surface area contributed by atoms with Crippen LogP contribution in [0.25, 0.3) is 22.0 Å². The molecule has 3 N–H and O–H groups in total. The van der Waals surface area contributed by atoms with Crippen molar-refractivity contribution in [1.29, 1.82) is 0 Å². The Balaban J connectivity index is 1.25. The zero-order valence-corrected chi connectivity index (χ0v) is 24.8. The van der Waals surface area contributed by atoms with Crippen molar-refractivity contribution in [3.05, 3.63) is 93.3 Å². The Morgan fingerprint density at radius 2 is 1.95 bits per heavy atom. The van der Waals surface area contributed by atoms with E-state index in [1.807, 2.05) is 41.3 Å². The Bertz CT molecular complexity index is 1610. The minimum atomic E-state index is -0.296. The number of methoxy groups -OCH3 is 1. The Kier molecular flexibility index (Phi) is 9.24. The van der Waals surface area contributed by atoms with Crippen LogP contribution in [0.1, 0.15) is 54.0 Å². The van der Waals surface area contributed by atoms with Gasteiger partial charge in [-0.15, -0.1) is 0 Å². The second kappa shape index (κ2) is 13.0. The maximum Gasteiger partial charge on any atom is 0.250 e. The van der Waals surface area contributed by atoms with Gasteiger partial charge in [-0.3, -0.25) is 9.59 Å². The lowest BCUT2D eigenvalue weighted by Crippen LogP contribution is -2.42. The number of pyridine rings is 1. The standard InChI is InChI=1S/C34H41FN4O3/c1-22-17-27(20-37-34(22)41)25-12-10-24(11-13-25)18-28(36)19-31(40)38-14-5-7-26(21-38)32-23(2)29-8-4-9-30(35)33(29)39(32)15-6-16-42-3/h4,8-13,17,20,26,28H,5-7,14-16,18-19,21,36H2,1-3H3,(H,37,41). The van der Waals surface area contributed by atoms with Crippen LogP contribution in [-0.2, 0) is 22.5 Å². The van der Waals surface area contributed by atoms with Crippen molar-refractivity contribution < 1.29 is 13.9 Å². The number of nitrogens with two attached hydrogens (primary N) is 1. The second-order valence-corrected chi connectivity index (χ2v) is 11.6. The normalized spacial score (nSPS) is 16.2. The monoisotopic (exact) mass is 572 g/mol. The van der Waals surface area contributed by atoms with Crippen LogP contribution in [0.3, 0.4) is 0 Å². The van der Waals surface area contributed by atoms with Crippen molar-refractivity contribution in [2.24, 2.45) is 5.73 Å². The molecule has 2 aromatic carbocycles. The highest BCUT2D eigenvalue weighted by atomic mass is 19.1. The molecule has 0 bridgehead atoms. The molecule has 222 valence electrons. The molecular formula is C34H41FN4O3. The predicted molar refractivity (Wildman–Crippen MR) is 165 cm³/mol. The molecule has 2 unspecified atom stereocenters. The zero-order chi connectivity index (χ0) is 29.8. The van der Waals surface area contributed by atoms with Crippen molar-refractivity contribution in [3.63, 3.8) is 0 Å². The summed E-state index contributed by atoms with van der Waals surface area (Å²) >= 11 is 0. The van der Waals surface area contributed by atoms with Gasteiger partial charge in [0.1, 0.15) is 5.82 Å². The van der Waals surface area contributed by atoms with Gasteiger partial charge in [0.05, 0.1) is 5.52 Å². The number of aromatic amines is 1. The first-order valence-electron chi connectivity index (χ1n) is 14.8.